The molecule has 14 heavy (non-hydrogen) atoms. The molecule has 0 bridgehead atoms. The lowest BCUT2D eigenvalue weighted by Crippen LogP contribution is -2.45. The van der Waals surface area contributed by atoms with Gasteiger partial charge in [0.2, 0.25) is 0 Å². The minimum atomic E-state index is 0.322. The fourth-order valence-electron chi connectivity index (χ4n) is 1.70. The second-order valence-electron chi connectivity index (χ2n) is 3.74. The SMILES string of the molecule is COCC#CCN1C[C@@H](C)O[C@@H](C)C1. The Morgan fingerprint density at radius 1 is 1.29 bits per heavy atom. The zero-order chi connectivity index (χ0) is 10.4. The molecule has 0 N–H and O–H groups in total. The first-order valence-electron chi connectivity index (χ1n) is 5.05. The molecular weight excluding hydrogens is 178 g/mol. The summed E-state index contributed by atoms with van der Waals surface area (Å²) in [6, 6.07) is 0. The Morgan fingerprint density at radius 2 is 1.93 bits per heavy atom. The summed E-state index contributed by atoms with van der Waals surface area (Å²) in [7, 11) is 1.66. The van der Waals surface area contributed by atoms with Gasteiger partial charge in [0.15, 0.2) is 0 Å². The Balaban J connectivity index is 2.27. The number of hydrogen-bond acceptors (Lipinski definition) is 3. The second-order valence-corrected chi connectivity index (χ2v) is 3.74. The van der Waals surface area contributed by atoms with Crippen molar-refractivity contribution in [3.05, 3.63) is 0 Å². The standard InChI is InChI=1S/C11H19NO2/c1-10-8-12(9-11(2)14-10)6-4-5-7-13-3/h10-11H,6-9H2,1-3H3/t10-,11+. The first-order valence-corrected chi connectivity index (χ1v) is 5.05. The van der Waals surface area contributed by atoms with Gasteiger partial charge in [-0.3, -0.25) is 4.90 Å². The van der Waals surface area contributed by atoms with E-state index in [1.807, 2.05) is 0 Å². The smallest absolute Gasteiger partial charge is 0.107 e. The number of ether oxygens (including phenoxy) is 2. The van der Waals surface area contributed by atoms with E-state index in [1.165, 1.54) is 0 Å². The lowest BCUT2D eigenvalue weighted by molar-refractivity contribution is -0.0640. The summed E-state index contributed by atoms with van der Waals surface area (Å²) in [5, 5.41) is 0. The number of hydrogen-bond donors (Lipinski definition) is 0. The van der Waals surface area contributed by atoms with E-state index in [0.717, 1.165) is 19.6 Å². The topological polar surface area (TPSA) is 21.7 Å². The lowest BCUT2D eigenvalue weighted by Gasteiger charge is -2.34. The largest absolute Gasteiger partial charge is 0.373 e. The van der Waals surface area contributed by atoms with Crippen LogP contribution >= 0.6 is 0 Å². The van der Waals surface area contributed by atoms with E-state index < -0.39 is 0 Å². The van der Waals surface area contributed by atoms with Crippen molar-refractivity contribution in [3.63, 3.8) is 0 Å². The highest BCUT2D eigenvalue weighted by molar-refractivity contribution is 5.02. The molecule has 0 aromatic rings. The summed E-state index contributed by atoms with van der Waals surface area (Å²) in [5.41, 5.74) is 0. The summed E-state index contributed by atoms with van der Waals surface area (Å²) in [6.07, 6.45) is 0.644. The highest BCUT2D eigenvalue weighted by Gasteiger charge is 2.20. The molecule has 0 aromatic heterocycles. The van der Waals surface area contributed by atoms with Crippen LogP contribution < -0.4 is 0 Å². The molecule has 0 amide bonds. The van der Waals surface area contributed by atoms with Crippen LogP contribution in [-0.2, 0) is 9.47 Å². The van der Waals surface area contributed by atoms with Gasteiger partial charge in [-0.15, -0.1) is 0 Å². The van der Waals surface area contributed by atoms with Gasteiger partial charge in [-0.2, -0.15) is 0 Å². The molecule has 1 aliphatic heterocycles. The fourth-order valence-corrected chi connectivity index (χ4v) is 1.70. The molecule has 1 fully saturated rings. The molecule has 1 heterocycles. The molecule has 0 unspecified atom stereocenters. The van der Waals surface area contributed by atoms with Gasteiger partial charge in [0, 0.05) is 20.2 Å². The van der Waals surface area contributed by atoms with Gasteiger partial charge < -0.3 is 9.47 Å². The van der Waals surface area contributed by atoms with Gasteiger partial charge in [0.1, 0.15) is 6.61 Å². The zero-order valence-electron chi connectivity index (χ0n) is 9.25. The third-order valence-corrected chi connectivity index (χ3v) is 2.14. The van der Waals surface area contributed by atoms with Crippen LogP contribution in [0.15, 0.2) is 0 Å². The predicted octanol–water partition coefficient (Wildman–Crippen LogP) is 0.745. The Bertz CT molecular complexity index is 209. The average Bonchev–Trinajstić information content (AvgIpc) is 2.11. The van der Waals surface area contributed by atoms with Crippen molar-refractivity contribution >= 4 is 0 Å². The van der Waals surface area contributed by atoms with Crippen molar-refractivity contribution in [1.82, 2.24) is 4.90 Å². The van der Waals surface area contributed by atoms with Crippen molar-refractivity contribution in [1.29, 1.82) is 0 Å². The Hall–Kier alpha value is -0.560. The summed E-state index contributed by atoms with van der Waals surface area (Å²) < 4.78 is 10.5. The molecule has 3 nitrogen and oxygen atoms in total. The molecule has 0 radical (unpaired) electrons. The van der Waals surface area contributed by atoms with Crippen molar-refractivity contribution in [3.8, 4) is 11.8 Å². The van der Waals surface area contributed by atoms with Crippen LogP contribution in [-0.4, -0.2) is 50.5 Å². The van der Waals surface area contributed by atoms with E-state index in [2.05, 4.69) is 30.6 Å². The molecule has 0 saturated carbocycles. The van der Waals surface area contributed by atoms with Crippen LogP contribution in [0.5, 0.6) is 0 Å². The van der Waals surface area contributed by atoms with Crippen LogP contribution in [0.25, 0.3) is 0 Å². The summed E-state index contributed by atoms with van der Waals surface area (Å²) in [5.74, 6) is 6.05. The lowest BCUT2D eigenvalue weighted by atomic mass is 10.2. The highest BCUT2D eigenvalue weighted by Crippen LogP contribution is 2.09. The molecule has 0 spiro atoms. The molecule has 3 heteroatoms. The summed E-state index contributed by atoms with van der Waals surface area (Å²) in [4.78, 5) is 2.32. The van der Waals surface area contributed by atoms with E-state index in [1.54, 1.807) is 7.11 Å². The van der Waals surface area contributed by atoms with Crippen LogP contribution in [0, 0.1) is 11.8 Å². The Labute approximate surface area is 86.4 Å². The molecule has 2 atom stereocenters. The number of rotatable bonds is 2. The summed E-state index contributed by atoms with van der Waals surface area (Å²) in [6.45, 7) is 7.51. The molecule has 0 aliphatic carbocycles. The van der Waals surface area contributed by atoms with Gasteiger partial charge in [0.25, 0.3) is 0 Å². The van der Waals surface area contributed by atoms with Crippen LogP contribution in [0.3, 0.4) is 0 Å². The van der Waals surface area contributed by atoms with Crippen molar-refractivity contribution in [2.45, 2.75) is 26.1 Å². The predicted molar refractivity (Wildman–Crippen MR) is 56.1 cm³/mol. The van der Waals surface area contributed by atoms with Crippen LogP contribution in [0.1, 0.15) is 13.8 Å². The van der Waals surface area contributed by atoms with Gasteiger partial charge >= 0.3 is 0 Å². The molecule has 80 valence electrons. The highest BCUT2D eigenvalue weighted by atomic mass is 16.5. The van der Waals surface area contributed by atoms with Crippen molar-refractivity contribution in [2.24, 2.45) is 0 Å². The second kappa shape index (κ2) is 6.02. The molecular formula is C11H19NO2. The fraction of sp³-hybridized carbons (Fsp3) is 0.818. The monoisotopic (exact) mass is 197 g/mol. The van der Waals surface area contributed by atoms with E-state index in [9.17, 15) is 0 Å². The van der Waals surface area contributed by atoms with Gasteiger partial charge in [-0.1, -0.05) is 11.8 Å². The van der Waals surface area contributed by atoms with Crippen LogP contribution in [0.2, 0.25) is 0 Å². The Kier molecular flexibility index (Phi) is 4.95. The van der Waals surface area contributed by atoms with Gasteiger partial charge in [0.05, 0.1) is 18.8 Å². The minimum Gasteiger partial charge on any atom is -0.373 e. The number of nitrogens with zero attached hydrogens (tertiary/aromatic N) is 1. The minimum absolute atomic E-state index is 0.322. The zero-order valence-corrected chi connectivity index (χ0v) is 9.25. The molecule has 1 aliphatic rings. The quantitative estimate of drug-likeness (QED) is 0.610. The third-order valence-electron chi connectivity index (χ3n) is 2.14. The molecule has 0 aromatic carbocycles. The van der Waals surface area contributed by atoms with E-state index >= 15 is 0 Å². The van der Waals surface area contributed by atoms with Crippen LogP contribution in [0.4, 0.5) is 0 Å². The molecule has 1 saturated heterocycles. The third kappa shape index (κ3) is 4.10. The maximum atomic E-state index is 5.63. The summed E-state index contributed by atoms with van der Waals surface area (Å²) >= 11 is 0. The Morgan fingerprint density at radius 3 is 2.50 bits per heavy atom. The van der Waals surface area contributed by atoms with Gasteiger partial charge in [-0.05, 0) is 13.8 Å². The maximum absolute atomic E-state index is 5.63. The van der Waals surface area contributed by atoms with Gasteiger partial charge in [-0.25, -0.2) is 0 Å². The van der Waals surface area contributed by atoms with Crippen molar-refractivity contribution in [2.75, 3.05) is 33.4 Å². The number of methoxy groups -OCH3 is 1. The number of morpholine rings is 1. The van der Waals surface area contributed by atoms with E-state index in [-0.39, 0.29) is 0 Å². The van der Waals surface area contributed by atoms with E-state index in [4.69, 9.17) is 9.47 Å². The van der Waals surface area contributed by atoms with Crippen molar-refractivity contribution < 1.29 is 9.47 Å². The first kappa shape index (κ1) is 11.5. The average molecular weight is 197 g/mol. The maximum Gasteiger partial charge on any atom is 0.107 e. The molecule has 1 rings (SSSR count). The normalized spacial score (nSPS) is 28.2. The first-order chi connectivity index (χ1) is 6.72. The van der Waals surface area contributed by atoms with E-state index in [0.29, 0.717) is 18.8 Å².